The van der Waals surface area contributed by atoms with Crippen LogP contribution in [0.25, 0.3) is 5.76 Å². The Kier molecular flexibility index (Phi) is 5.41. The van der Waals surface area contributed by atoms with E-state index >= 15 is 0 Å². The van der Waals surface area contributed by atoms with Gasteiger partial charge >= 0.3 is 11.9 Å². The van der Waals surface area contributed by atoms with E-state index in [1.807, 2.05) is 6.92 Å². The maximum Gasteiger partial charge on any atom is 0.337 e. The first-order valence-electron chi connectivity index (χ1n) is 10.6. The fourth-order valence-electron chi connectivity index (χ4n) is 4.32. The lowest BCUT2D eigenvalue weighted by Crippen LogP contribution is -2.29. The molecule has 3 aromatic rings. The van der Waals surface area contributed by atoms with Gasteiger partial charge in [-0.25, -0.2) is 9.78 Å². The highest BCUT2D eigenvalue weighted by Crippen LogP contribution is 2.43. The zero-order chi connectivity index (χ0) is 24.0. The van der Waals surface area contributed by atoms with Gasteiger partial charge in [0, 0.05) is 23.6 Å². The summed E-state index contributed by atoms with van der Waals surface area (Å²) in [6, 6.07) is 10.7. The summed E-state index contributed by atoms with van der Waals surface area (Å²) < 4.78 is 10.5. The van der Waals surface area contributed by atoms with E-state index in [-0.39, 0.29) is 17.4 Å². The van der Waals surface area contributed by atoms with Crippen LogP contribution < -0.4 is 9.64 Å². The van der Waals surface area contributed by atoms with Gasteiger partial charge in [-0.15, -0.1) is 11.3 Å². The number of fused-ring (bicyclic) bond motifs is 1. The highest BCUT2D eigenvalue weighted by atomic mass is 32.1. The third kappa shape index (κ3) is 3.54. The minimum atomic E-state index is -0.915. The second-order valence-corrected chi connectivity index (χ2v) is 8.93. The van der Waals surface area contributed by atoms with E-state index in [4.69, 9.17) is 9.47 Å². The van der Waals surface area contributed by atoms with E-state index in [2.05, 4.69) is 4.98 Å². The number of benzene rings is 2. The molecule has 2 aliphatic rings. The minimum Gasteiger partial charge on any atom is -0.507 e. The SMILES string of the molecule is COC(=O)c1ccc([C@@H]2C(=C(O)c3ccc4c(c3)C[C@H](C)O4)C(=O)C(=O)N2c2nccs2)cc1. The number of esters is 1. The molecule has 3 heterocycles. The molecule has 34 heavy (non-hydrogen) atoms. The molecule has 8 nitrogen and oxygen atoms in total. The molecular formula is C25H20N2O6S. The molecule has 0 unspecified atom stereocenters. The predicted octanol–water partition coefficient (Wildman–Crippen LogP) is 3.88. The fourth-order valence-corrected chi connectivity index (χ4v) is 4.99. The van der Waals surface area contributed by atoms with Crippen LogP contribution in [0.3, 0.4) is 0 Å². The molecule has 1 fully saturated rings. The van der Waals surface area contributed by atoms with Gasteiger partial charge in [-0.05, 0) is 48.4 Å². The molecule has 0 bridgehead atoms. The third-order valence-electron chi connectivity index (χ3n) is 5.89. The Morgan fingerprint density at radius 3 is 2.59 bits per heavy atom. The minimum absolute atomic E-state index is 0.0243. The number of aliphatic hydroxyl groups excluding tert-OH is 1. The summed E-state index contributed by atoms with van der Waals surface area (Å²) in [5, 5.41) is 13.3. The summed E-state index contributed by atoms with van der Waals surface area (Å²) >= 11 is 1.21. The number of methoxy groups -OCH3 is 1. The number of carbonyl (C=O) groups is 3. The first-order chi connectivity index (χ1) is 16.4. The maximum atomic E-state index is 13.2. The Bertz CT molecular complexity index is 1330. The number of aliphatic hydroxyl groups is 1. The summed E-state index contributed by atoms with van der Waals surface area (Å²) in [5.41, 5.74) is 2.17. The number of aromatic nitrogens is 1. The summed E-state index contributed by atoms with van der Waals surface area (Å²) in [6.45, 7) is 1.96. The van der Waals surface area contributed by atoms with Crippen molar-refractivity contribution in [2.75, 3.05) is 12.0 Å². The molecule has 1 N–H and O–H groups in total. The Morgan fingerprint density at radius 2 is 1.91 bits per heavy atom. The van der Waals surface area contributed by atoms with Gasteiger partial charge in [0.25, 0.3) is 5.78 Å². The van der Waals surface area contributed by atoms with Crippen LogP contribution in [0.15, 0.2) is 59.6 Å². The first kappa shape index (κ1) is 21.8. The quantitative estimate of drug-likeness (QED) is 0.264. The highest BCUT2D eigenvalue weighted by molar-refractivity contribution is 7.14. The van der Waals surface area contributed by atoms with Crippen molar-refractivity contribution in [2.45, 2.75) is 25.5 Å². The highest BCUT2D eigenvalue weighted by Gasteiger charge is 2.48. The molecule has 0 aliphatic carbocycles. The standard InChI is InChI=1S/C25H20N2O6S/c1-13-11-17-12-16(7-8-18(17)33-13)21(28)19-20(14-3-5-15(6-4-14)24(31)32-2)27(23(30)22(19)29)25-26-9-10-34-25/h3-10,12-13,20,28H,11H2,1-2H3/t13-,20+/m0/s1. The van der Waals surface area contributed by atoms with Crippen molar-refractivity contribution in [2.24, 2.45) is 0 Å². The van der Waals surface area contributed by atoms with Crippen molar-refractivity contribution in [3.8, 4) is 5.75 Å². The molecule has 1 amide bonds. The molecule has 2 aliphatic heterocycles. The van der Waals surface area contributed by atoms with Gasteiger partial charge < -0.3 is 14.6 Å². The van der Waals surface area contributed by atoms with Crippen molar-refractivity contribution in [3.63, 3.8) is 0 Å². The van der Waals surface area contributed by atoms with Crippen LogP contribution in [0.4, 0.5) is 5.13 Å². The number of ketones is 1. The molecule has 172 valence electrons. The summed E-state index contributed by atoms with van der Waals surface area (Å²) in [6.07, 6.45) is 2.25. The smallest absolute Gasteiger partial charge is 0.337 e. The monoisotopic (exact) mass is 476 g/mol. The third-order valence-corrected chi connectivity index (χ3v) is 6.66. The molecule has 0 radical (unpaired) electrons. The molecule has 1 aromatic heterocycles. The van der Waals surface area contributed by atoms with E-state index in [0.29, 0.717) is 28.2 Å². The maximum absolute atomic E-state index is 13.2. The second-order valence-electron chi connectivity index (χ2n) is 8.05. The largest absolute Gasteiger partial charge is 0.507 e. The van der Waals surface area contributed by atoms with Crippen LogP contribution in [0.5, 0.6) is 5.75 Å². The van der Waals surface area contributed by atoms with E-state index in [1.54, 1.807) is 54.0 Å². The van der Waals surface area contributed by atoms with Crippen LogP contribution in [0.2, 0.25) is 0 Å². The Balaban J connectivity index is 1.65. The average molecular weight is 477 g/mol. The first-order valence-corrected chi connectivity index (χ1v) is 11.5. The van der Waals surface area contributed by atoms with Crippen LogP contribution in [-0.4, -0.2) is 41.0 Å². The number of rotatable bonds is 4. The van der Waals surface area contributed by atoms with E-state index in [0.717, 1.165) is 11.3 Å². The summed E-state index contributed by atoms with van der Waals surface area (Å²) in [7, 11) is 1.29. The number of thiazole rings is 1. The van der Waals surface area contributed by atoms with Gasteiger partial charge in [-0.1, -0.05) is 12.1 Å². The predicted molar refractivity (Wildman–Crippen MR) is 125 cm³/mol. The van der Waals surface area contributed by atoms with Crippen molar-refractivity contribution < 1.29 is 29.0 Å². The van der Waals surface area contributed by atoms with Gasteiger partial charge in [0.05, 0.1) is 24.3 Å². The lowest BCUT2D eigenvalue weighted by atomic mass is 9.94. The van der Waals surface area contributed by atoms with Crippen LogP contribution >= 0.6 is 11.3 Å². The molecule has 1 saturated heterocycles. The number of anilines is 1. The number of Topliss-reactive ketones (excluding diaryl/α,β-unsaturated/α-hetero) is 1. The molecule has 0 spiro atoms. The van der Waals surface area contributed by atoms with Crippen molar-refractivity contribution >= 4 is 39.9 Å². The lowest BCUT2D eigenvalue weighted by molar-refractivity contribution is -0.132. The average Bonchev–Trinajstić information content (AvgIpc) is 3.56. The van der Waals surface area contributed by atoms with E-state index in [9.17, 15) is 19.5 Å². The summed E-state index contributed by atoms with van der Waals surface area (Å²) in [4.78, 5) is 43.6. The number of hydrogen-bond donors (Lipinski definition) is 1. The molecular weight excluding hydrogens is 456 g/mol. The number of amides is 1. The van der Waals surface area contributed by atoms with Gasteiger partial charge in [0.15, 0.2) is 5.13 Å². The molecule has 2 atom stereocenters. The van der Waals surface area contributed by atoms with Crippen molar-refractivity contribution in [1.29, 1.82) is 0 Å². The Labute approximate surface area is 199 Å². The number of nitrogens with zero attached hydrogens (tertiary/aromatic N) is 2. The zero-order valence-corrected chi connectivity index (χ0v) is 19.2. The number of carbonyl (C=O) groups excluding carboxylic acids is 3. The van der Waals surface area contributed by atoms with Crippen LogP contribution in [-0.2, 0) is 20.7 Å². The van der Waals surface area contributed by atoms with Crippen LogP contribution in [0.1, 0.15) is 40.0 Å². The summed E-state index contributed by atoms with van der Waals surface area (Å²) in [5.74, 6) is -1.63. The number of hydrogen-bond acceptors (Lipinski definition) is 8. The topological polar surface area (TPSA) is 106 Å². The van der Waals surface area contributed by atoms with Gasteiger partial charge in [-0.2, -0.15) is 0 Å². The Hall–Kier alpha value is -3.98. The zero-order valence-electron chi connectivity index (χ0n) is 18.3. The normalized spacial score (nSPS) is 20.8. The molecule has 2 aromatic carbocycles. The number of ether oxygens (including phenoxy) is 2. The van der Waals surface area contributed by atoms with Gasteiger partial charge in [-0.3, -0.25) is 14.5 Å². The van der Waals surface area contributed by atoms with E-state index in [1.165, 1.54) is 23.3 Å². The van der Waals surface area contributed by atoms with Gasteiger partial charge in [0.1, 0.15) is 17.6 Å². The molecule has 0 saturated carbocycles. The van der Waals surface area contributed by atoms with Crippen LogP contribution in [0, 0.1) is 0 Å². The van der Waals surface area contributed by atoms with E-state index < -0.39 is 23.7 Å². The fraction of sp³-hybridized carbons (Fsp3) is 0.200. The second kappa shape index (κ2) is 8.42. The Morgan fingerprint density at radius 1 is 1.18 bits per heavy atom. The van der Waals surface area contributed by atoms with Crippen molar-refractivity contribution in [3.05, 3.63) is 81.9 Å². The lowest BCUT2D eigenvalue weighted by Gasteiger charge is -2.23. The van der Waals surface area contributed by atoms with Crippen molar-refractivity contribution in [1.82, 2.24) is 4.98 Å². The molecule has 9 heteroatoms. The van der Waals surface area contributed by atoms with Gasteiger partial charge in [0.2, 0.25) is 0 Å². The molecule has 5 rings (SSSR count).